The predicted octanol–water partition coefficient (Wildman–Crippen LogP) is 3.08. The van der Waals surface area contributed by atoms with E-state index in [0.29, 0.717) is 18.6 Å². The molecular weight excluding hydrogens is 216 g/mol. The molecule has 0 aliphatic rings. The van der Waals surface area contributed by atoms with E-state index in [-0.39, 0.29) is 11.9 Å². The highest BCUT2D eigenvalue weighted by Crippen LogP contribution is 2.14. The van der Waals surface area contributed by atoms with Crippen LogP contribution in [0.15, 0.2) is 24.3 Å². The maximum Gasteiger partial charge on any atom is 0.165 e. The Bertz CT molecular complexity index is 343. The Morgan fingerprint density at radius 1 is 1.29 bits per heavy atom. The first-order valence-corrected chi connectivity index (χ1v) is 5.96. The molecule has 0 bridgehead atoms. The standard InChI is InChI=1S/C14H20O3/c1-4-9-17-13-7-5-12(6-8-13)14(15)10-11(2)16-3/h5-8,11H,4,9-10H2,1-3H3. The number of ketones is 1. The van der Waals surface area contributed by atoms with Crippen LogP contribution in [0.25, 0.3) is 0 Å². The van der Waals surface area contributed by atoms with Crippen molar-refractivity contribution in [1.29, 1.82) is 0 Å². The van der Waals surface area contributed by atoms with Gasteiger partial charge in [0, 0.05) is 19.1 Å². The van der Waals surface area contributed by atoms with Crippen LogP contribution in [-0.2, 0) is 4.74 Å². The van der Waals surface area contributed by atoms with E-state index in [1.807, 2.05) is 19.1 Å². The second-order valence-corrected chi connectivity index (χ2v) is 4.05. The molecule has 0 aliphatic carbocycles. The van der Waals surface area contributed by atoms with Gasteiger partial charge < -0.3 is 9.47 Å². The fraction of sp³-hybridized carbons (Fsp3) is 0.500. The molecular formula is C14H20O3. The summed E-state index contributed by atoms with van der Waals surface area (Å²) in [7, 11) is 1.61. The third kappa shape index (κ3) is 4.57. The molecule has 0 spiro atoms. The van der Waals surface area contributed by atoms with Crippen LogP contribution >= 0.6 is 0 Å². The quantitative estimate of drug-likeness (QED) is 0.682. The lowest BCUT2D eigenvalue weighted by Crippen LogP contribution is -2.12. The van der Waals surface area contributed by atoms with E-state index in [9.17, 15) is 4.79 Å². The number of carbonyl (C=O) groups excluding carboxylic acids is 1. The molecule has 0 fully saturated rings. The Hall–Kier alpha value is -1.35. The second-order valence-electron chi connectivity index (χ2n) is 4.05. The van der Waals surface area contributed by atoms with Crippen LogP contribution in [0.3, 0.4) is 0 Å². The van der Waals surface area contributed by atoms with Gasteiger partial charge in [0.1, 0.15) is 5.75 Å². The summed E-state index contributed by atoms with van der Waals surface area (Å²) in [5, 5.41) is 0. The normalized spacial score (nSPS) is 12.2. The van der Waals surface area contributed by atoms with Gasteiger partial charge in [0.2, 0.25) is 0 Å². The molecule has 0 N–H and O–H groups in total. The Morgan fingerprint density at radius 2 is 1.94 bits per heavy atom. The van der Waals surface area contributed by atoms with E-state index in [2.05, 4.69) is 6.92 Å². The van der Waals surface area contributed by atoms with Crippen molar-refractivity contribution in [2.75, 3.05) is 13.7 Å². The van der Waals surface area contributed by atoms with Gasteiger partial charge in [-0.25, -0.2) is 0 Å². The summed E-state index contributed by atoms with van der Waals surface area (Å²) in [6, 6.07) is 7.27. The minimum Gasteiger partial charge on any atom is -0.494 e. The fourth-order valence-electron chi connectivity index (χ4n) is 1.42. The van der Waals surface area contributed by atoms with Crippen LogP contribution in [0.4, 0.5) is 0 Å². The van der Waals surface area contributed by atoms with E-state index in [1.165, 1.54) is 0 Å². The van der Waals surface area contributed by atoms with Gasteiger partial charge in [0.25, 0.3) is 0 Å². The molecule has 0 aliphatic heterocycles. The van der Waals surface area contributed by atoms with Crippen molar-refractivity contribution in [2.24, 2.45) is 0 Å². The van der Waals surface area contributed by atoms with E-state index in [0.717, 1.165) is 12.2 Å². The molecule has 1 unspecified atom stereocenters. The third-order valence-electron chi connectivity index (χ3n) is 2.52. The maximum absolute atomic E-state index is 11.8. The van der Waals surface area contributed by atoms with Crippen molar-refractivity contribution in [2.45, 2.75) is 32.8 Å². The number of benzene rings is 1. The molecule has 94 valence electrons. The van der Waals surface area contributed by atoms with Gasteiger partial charge in [0.05, 0.1) is 12.7 Å². The molecule has 17 heavy (non-hydrogen) atoms. The van der Waals surface area contributed by atoms with Gasteiger partial charge in [-0.05, 0) is 37.6 Å². The number of carbonyl (C=O) groups is 1. The van der Waals surface area contributed by atoms with E-state index < -0.39 is 0 Å². The monoisotopic (exact) mass is 236 g/mol. The lowest BCUT2D eigenvalue weighted by molar-refractivity contribution is 0.0792. The highest BCUT2D eigenvalue weighted by Gasteiger charge is 2.10. The van der Waals surface area contributed by atoms with Crippen LogP contribution in [0.5, 0.6) is 5.75 Å². The van der Waals surface area contributed by atoms with Gasteiger partial charge in [-0.2, -0.15) is 0 Å². The van der Waals surface area contributed by atoms with E-state index >= 15 is 0 Å². The summed E-state index contributed by atoms with van der Waals surface area (Å²) in [4.78, 5) is 11.8. The largest absolute Gasteiger partial charge is 0.494 e. The van der Waals surface area contributed by atoms with Gasteiger partial charge in [-0.15, -0.1) is 0 Å². The molecule has 1 atom stereocenters. The lowest BCUT2D eigenvalue weighted by atomic mass is 10.1. The van der Waals surface area contributed by atoms with Crippen molar-refractivity contribution in [3.63, 3.8) is 0 Å². The Morgan fingerprint density at radius 3 is 2.47 bits per heavy atom. The number of ether oxygens (including phenoxy) is 2. The van der Waals surface area contributed by atoms with Crippen LogP contribution in [0.2, 0.25) is 0 Å². The van der Waals surface area contributed by atoms with E-state index in [1.54, 1.807) is 19.2 Å². The topological polar surface area (TPSA) is 35.5 Å². The minimum absolute atomic E-state index is 0.0430. The second kappa shape index (κ2) is 7.07. The fourth-order valence-corrected chi connectivity index (χ4v) is 1.42. The zero-order valence-electron chi connectivity index (χ0n) is 10.7. The van der Waals surface area contributed by atoms with Crippen molar-refractivity contribution in [1.82, 2.24) is 0 Å². The van der Waals surface area contributed by atoms with Crippen LogP contribution in [0, 0.1) is 0 Å². The Balaban J connectivity index is 2.57. The zero-order chi connectivity index (χ0) is 12.7. The molecule has 0 saturated carbocycles. The molecule has 0 saturated heterocycles. The number of hydrogen-bond acceptors (Lipinski definition) is 3. The molecule has 0 radical (unpaired) electrons. The molecule has 1 aromatic rings. The molecule has 0 amide bonds. The van der Waals surface area contributed by atoms with Crippen molar-refractivity contribution >= 4 is 5.78 Å². The summed E-state index contributed by atoms with van der Waals surface area (Å²) >= 11 is 0. The molecule has 1 rings (SSSR count). The summed E-state index contributed by atoms with van der Waals surface area (Å²) in [5.74, 6) is 0.907. The Kier molecular flexibility index (Phi) is 5.70. The molecule has 3 heteroatoms. The number of Topliss-reactive ketones (excluding diaryl/α,β-unsaturated/α-hetero) is 1. The molecule has 0 heterocycles. The highest BCUT2D eigenvalue weighted by atomic mass is 16.5. The summed E-state index contributed by atoms with van der Waals surface area (Å²) in [6.45, 7) is 4.65. The van der Waals surface area contributed by atoms with Gasteiger partial charge in [-0.3, -0.25) is 4.79 Å². The molecule has 1 aromatic carbocycles. The maximum atomic E-state index is 11.8. The van der Waals surface area contributed by atoms with Crippen molar-refractivity contribution < 1.29 is 14.3 Å². The third-order valence-corrected chi connectivity index (χ3v) is 2.52. The molecule has 3 nitrogen and oxygen atoms in total. The van der Waals surface area contributed by atoms with Crippen LogP contribution in [-0.4, -0.2) is 25.6 Å². The van der Waals surface area contributed by atoms with Gasteiger partial charge >= 0.3 is 0 Å². The molecule has 0 aromatic heterocycles. The predicted molar refractivity (Wildman–Crippen MR) is 67.6 cm³/mol. The van der Waals surface area contributed by atoms with E-state index in [4.69, 9.17) is 9.47 Å². The number of methoxy groups -OCH3 is 1. The van der Waals surface area contributed by atoms with Crippen LogP contribution < -0.4 is 4.74 Å². The van der Waals surface area contributed by atoms with Crippen molar-refractivity contribution in [3.8, 4) is 5.75 Å². The SMILES string of the molecule is CCCOc1ccc(C(=O)CC(C)OC)cc1. The zero-order valence-corrected chi connectivity index (χ0v) is 10.7. The van der Waals surface area contributed by atoms with Gasteiger partial charge in [-0.1, -0.05) is 6.92 Å². The number of hydrogen-bond donors (Lipinski definition) is 0. The average Bonchev–Trinajstić information content (AvgIpc) is 2.36. The summed E-state index contributed by atoms with van der Waals surface area (Å²) < 4.78 is 10.5. The van der Waals surface area contributed by atoms with Crippen molar-refractivity contribution in [3.05, 3.63) is 29.8 Å². The van der Waals surface area contributed by atoms with Gasteiger partial charge in [0.15, 0.2) is 5.78 Å². The Labute approximate surface area is 103 Å². The summed E-state index contributed by atoms with van der Waals surface area (Å²) in [5.41, 5.74) is 0.706. The van der Waals surface area contributed by atoms with Crippen LogP contribution in [0.1, 0.15) is 37.0 Å². The first-order valence-electron chi connectivity index (χ1n) is 5.96. The average molecular weight is 236 g/mol. The highest BCUT2D eigenvalue weighted by molar-refractivity contribution is 5.96. The summed E-state index contributed by atoms with van der Waals surface area (Å²) in [6.07, 6.45) is 1.34. The lowest BCUT2D eigenvalue weighted by Gasteiger charge is -2.09. The minimum atomic E-state index is -0.0430. The first kappa shape index (κ1) is 13.7. The number of rotatable bonds is 7. The smallest absolute Gasteiger partial charge is 0.165 e. The first-order chi connectivity index (χ1) is 8.17.